The van der Waals surface area contributed by atoms with Crippen LogP contribution in [-0.4, -0.2) is 5.91 Å². The van der Waals surface area contributed by atoms with Gasteiger partial charge in [-0.15, -0.1) is 11.3 Å². The van der Waals surface area contributed by atoms with Gasteiger partial charge in [-0.1, -0.05) is 37.3 Å². The van der Waals surface area contributed by atoms with Gasteiger partial charge in [0, 0.05) is 21.7 Å². The number of benzene rings is 2. The molecule has 0 atom stereocenters. The minimum atomic E-state index is -0.0547. The lowest BCUT2D eigenvalue weighted by molar-refractivity contribution is 0.103. The Morgan fingerprint density at radius 2 is 2.04 bits per heavy atom. The number of amides is 1. The third-order valence-corrected chi connectivity index (χ3v) is 5.74. The molecule has 2 aromatic carbocycles. The number of carbonyl (C=O) groups is 1. The molecular weight excluding hydrogens is 330 g/mol. The molecule has 126 valence electrons. The van der Waals surface area contributed by atoms with Gasteiger partial charge >= 0.3 is 0 Å². The fourth-order valence-electron chi connectivity index (χ4n) is 3.19. The van der Waals surface area contributed by atoms with Crippen molar-refractivity contribution in [3.05, 3.63) is 70.1 Å². The maximum atomic E-state index is 12.8. The number of thiophene rings is 1. The largest absolute Gasteiger partial charge is 0.488 e. The van der Waals surface area contributed by atoms with E-state index in [1.807, 2.05) is 49.4 Å². The Balaban J connectivity index is 1.67. The van der Waals surface area contributed by atoms with Crippen molar-refractivity contribution in [3.8, 4) is 16.2 Å². The number of rotatable bonds is 3. The van der Waals surface area contributed by atoms with E-state index in [-0.39, 0.29) is 5.91 Å². The van der Waals surface area contributed by atoms with E-state index in [1.54, 1.807) is 0 Å². The maximum absolute atomic E-state index is 12.8. The number of anilines is 1. The molecule has 0 spiro atoms. The van der Waals surface area contributed by atoms with E-state index < -0.39 is 0 Å². The fourth-order valence-corrected chi connectivity index (χ4v) is 4.28. The molecule has 25 heavy (non-hydrogen) atoms. The number of hydrogen-bond donors (Lipinski definition) is 1. The second kappa shape index (κ2) is 6.37. The average Bonchev–Trinajstić information content (AvgIpc) is 3.08. The van der Waals surface area contributed by atoms with Crippen LogP contribution in [0.25, 0.3) is 10.4 Å². The van der Waals surface area contributed by atoms with Crippen LogP contribution in [-0.2, 0) is 13.0 Å². The summed E-state index contributed by atoms with van der Waals surface area (Å²) >= 11 is 1.53. The number of fused-ring (bicyclic) bond motifs is 3. The summed E-state index contributed by atoms with van der Waals surface area (Å²) < 4.78 is 5.79. The molecule has 0 saturated carbocycles. The SMILES string of the molecule is CCc1cccc(C)c1NC(=O)c1cc2c(s1)-c1ccccc1OC2. The smallest absolute Gasteiger partial charge is 0.265 e. The molecule has 4 rings (SSSR count). The van der Waals surface area contributed by atoms with E-state index >= 15 is 0 Å². The summed E-state index contributed by atoms with van der Waals surface area (Å²) in [5.74, 6) is 0.830. The van der Waals surface area contributed by atoms with Crippen LogP contribution >= 0.6 is 11.3 Å². The summed E-state index contributed by atoms with van der Waals surface area (Å²) in [5.41, 5.74) is 5.32. The minimum absolute atomic E-state index is 0.0547. The van der Waals surface area contributed by atoms with Crippen LogP contribution in [0.3, 0.4) is 0 Å². The van der Waals surface area contributed by atoms with Crippen molar-refractivity contribution < 1.29 is 9.53 Å². The zero-order chi connectivity index (χ0) is 17.4. The first-order valence-electron chi connectivity index (χ1n) is 8.42. The number of hydrogen-bond acceptors (Lipinski definition) is 3. The summed E-state index contributed by atoms with van der Waals surface area (Å²) in [7, 11) is 0. The highest BCUT2D eigenvalue weighted by molar-refractivity contribution is 7.17. The van der Waals surface area contributed by atoms with Crippen LogP contribution in [0.1, 0.15) is 33.3 Å². The van der Waals surface area contributed by atoms with E-state index in [2.05, 4.69) is 18.3 Å². The van der Waals surface area contributed by atoms with Crippen LogP contribution in [0.15, 0.2) is 48.5 Å². The number of carbonyl (C=O) groups excluding carboxylic acids is 1. The molecule has 0 bridgehead atoms. The number of para-hydroxylation sites is 2. The zero-order valence-electron chi connectivity index (χ0n) is 14.3. The van der Waals surface area contributed by atoms with Gasteiger partial charge in [0.15, 0.2) is 0 Å². The van der Waals surface area contributed by atoms with Crippen molar-refractivity contribution in [2.75, 3.05) is 5.32 Å². The molecule has 1 aliphatic heterocycles. The Morgan fingerprint density at radius 3 is 2.88 bits per heavy atom. The Labute approximate surface area is 151 Å². The standard InChI is InChI=1S/C21H19NO2S/c1-3-14-8-6-7-13(2)19(14)22-21(23)18-11-15-12-24-17-10-5-4-9-16(17)20(15)25-18/h4-11H,3,12H2,1-2H3,(H,22,23). The van der Waals surface area contributed by atoms with Gasteiger partial charge in [-0.05, 0) is 42.7 Å². The van der Waals surface area contributed by atoms with Gasteiger partial charge < -0.3 is 10.1 Å². The summed E-state index contributed by atoms with van der Waals surface area (Å²) in [6.07, 6.45) is 0.888. The fraction of sp³-hybridized carbons (Fsp3) is 0.190. The molecule has 3 aromatic rings. The average molecular weight is 349 g/mol. The molecule has 2 heterocycles. The van der Waals surface area contributed by atoms with E-state index in [9.17, 15) is 4.79 Å². The molecule has 0 unspecified atom stereocenters. The highest BCUT2D eigenvalue weighted by Gasteiger charge is 2.22. The quantitative estimate of drug-likeness (QED) is 0.684. The third-order valence-electron chi connectivity index (χ3n) is 4.53. The molecule has 3 nitrogen and oxygen atoms in total. The minimum Gasteiger partial charge on any atom is -0.488 e. The van der Waals surface area contributed by atoms with Crippen molar-refractivity contribution in [2.45, 2.75) is 26.9 Å². The molecule has 0 radical (unpaired) electrons. The van der Waals surface area contributed by atoms with Crippen molar-refractivity contribution in [1.82, 2.24) is 0 Å². The Morgan fingerprint density at radius 1 is 1.20 bits per heavy atom. The normalized spacial score (nSPS) is 12.1. The van der Waals surface area contributed by atoms with Gasteiger partial charge in [-0.2, -0.15) is 0 Å². The van der Waals surface area contributed by atoms with Crippen LogP contribution in [0.4, 0.5) is 5.69 Å². The molecule has 1 amide bonds. The van der Waals surface area contributed by atoms with Crippen molar-refractivity contribution in [1.29, 1.82) is 0 Å². The predicted octanol–water partition coefficient (Wildman–Crippen LogP) is 5.43. The van der Waals surface area contributed by atoms with Gasteiger partial charge in [-0.25, -0.2) is 0 Å². The number of ether oxygens (including phenoxy) is 1. The maximum Gasteiger partial charge on any atom is 0.265 e. The highest BCUT2D eigenvalue weighted by Crippen LogP contribution is 2.42. The summed E-state index contributed by atoms with van der Waals surface area (Å²) in [6, 6.07) is 16.1. The molecule has 0 saturated heterocycles. The summed E-state index contributed by atoms with van der Waals surface area (Å²) in [4.78, 5) is 14.7. The van der Waals surface area contributed by atoms with Gasteiger partial charge in [0.2, 0.25) is 0 Å². The second-order valence-corrected chi connectivity index (χ2v) is 7.22. The molecule has 1 aliphatic rings. The molecule has 0 fully saturated rings. The summed E-state index contributed by atoms with van der Waals surface area (Å²) in [5, 5.41) is 3.11. The predicted molar refractivity (Wildman–Crippen MR) is 103 cm³/mol. The molecule has 1 N–H and O–H groups in total. The molecular formula is C21H19NO2S. The molecule has 1 aromatic heterocycles. The van der Waals surface area contributed by atoms with E-state index in [0.29, 0.717) is 6.61 Å². The first-order valence-corrected chi connectivity index (χ1v) is 9.23. The van der Waals surface area contributed by atoms with Crippen LogP contribution < -0.4 is 10.1 Å². The van der Waals surface area contributed by atoms with Gasteiger partial charge in [0.1, 0.15) is 12.4 Å². The first kappa shape index (κ1) is 15.9. The molecule has 0 aliphatic carbocycles. The van der Waals surface area contributed by atoms with Crippen LogP contribution in [0.5, 0.6) is 5.75 Å². The number of aryl methyl sites for hydroxylation is 2. The van der Waals surface area contributed by atoms with E-state index in [0.717, 1.165) is 49.9 Å². The number of nitrogens with one attached hydrogen (secondary N) is 1. The van der Waals surface area contributed by atoms with E-state index in [4.69, 9.17) is 4.74 Å². The second-order valence-electron chi connectivity index (χ2n) is 6.17. The molecule has 4 heteroatoms. The highest BCUT2D eigenvalue weighted by atomic mass is 32.1. The van der Waals surface area contributed by atoms with Crippen LogP contribution in [0.2, 0.25) is 0 Å². The Kier molecular flexibility index (Phi) is 4.06. The lowest BCUT2D eigenvalue weighted by Crippen LogP contribution is -2.13. The van der Waals surface area contributed by atoms with Gasteiger partial charge in [0.25, 0.3) is 5.91 Å². The Hall–Kier alpha value is -2.59. The lowest BCUT2D eigenvalue weighted by atomic mass is 10.1. The zero-order valence-corrected chi connectivity index (χ0v) is 15.1. The Bertz CT molecular complexity index is 958. The lowest BCUT2D eigenvalue weighted by Gasteiger charge is -2.16. The monoisotopic (exact) mass is 349 g/mol. The van der Waals surface area contributed by atoms with Gasteiger partial charge in [0.05, 0.1) is 4.88 Å². The topological polar surface area (TPSA) is 38.3 Å². The van der Waals surface area contributed by atoms with Crippen molar-refractivity contribution in [2.24, 2.45) is 0 Å². The van der Waals surface area contributed by atoms with Gasteiger partial charge in [-0.3, -0.25) is 4.79 Å². The van der Waals surface area contributed by atoms with Crippen molar-refractivity contribution in [3.63, 3.8) is 0 Å². The van der Waals surface area contributed by atoms with Crippen LogP contribution in [0, 0.1) is 6.92 Å². The first-order chi connectivity index (χ1) is 12.2. The third kappa shape index (κ3) is 2.83. The van der Waals surface area contributed by atoms with Crippen molar-refractivity contribution >= 4 is 22.9 Å². The summed E-state index contributed by atoms with van der Waals surface area (Å²) in [6.45, 7) is 4.64. The van der Waals surface area contributed by atoms with E-state index in [1.165, 1.54) is 11.3 Å².